The zero-order valence-electron chi connectivity index (χ0n) is 11.8. The maximum absolute atomic E-state index is 12.0. The Kier molecular flexibility index (Phi) is 7.76. The molecule has 0 aromatic carbocycles. The minimum atomic E-state index is -4.21. The lowest BCUT2D eigenvalue weighted by Gasteiger charge is -2.27. The minimum Gasteiger partial charge on any atom is -0.372 e. The van der Waals surface area contributed by atoms with E-state index in [1.807, 2.05) is 6.92 Å². The highest BCUT2D eigenvalue weighted by Gasteiger charge is 2.27. The van der Waals surface area contributed by atoms with Gasteiger partial charge in [-0.15, -0.1) is 0 Å². The lowest BCUT2D eigenvalue weighted by molar-refractivity contribution is -0.174. The maximum Gasteiger partial charge on any atom is 0.411 e. The first-order valence-corrected chi connectivity index (χ1v) is 7.39. The smallest absolute Gasteiger partial charge is 0.372 e. The molecule has 19 heavy (non-hydrogen) atoms. The van der Waals surface area contributed by atoms with Gasteiger partial charge in [-0.05, 0) is 25.3 Å². The Morgan fingerprint density at radius 3 is 2.47 bits per heavy atom. The van der Waals surface area contributed by atoms with Crippen molar-refractivity contribution in [3.63, 3.8) is 0 Å². The van der Waals surface area contributed by atoms with E-state index in [1.54, 1.807) is 0 Å². The largest absolute Gasteiger partial charge is 0.411 e. The highest BCUT2D eigenvalue weighted by Crippen LogP contribution is 2.28. The zero-order valence-corrected chi connectivity index (χ0v) is 11.8. The van der Waals surface area contributed by atoms with Crippen LogP contribution in [-0.2, 0) is 4.74 Å². The molecule has 0 heterocycles. The molecule has 1 fully saturated rings. The van der Waals surface area contributed by atoms with Gasteiger partial charge in [0.25, 0.3) is 0 Å². The second-order valence-electron chi connectivity index (χ2n) is 5.45. The first kappa shape index (κ1) is 16.8. The normalized spacial score (nSPS) is 19.6. The summed E-state index contributed by atoms with van der Waals surface area (Å²) in [5.74, 6) is 0.736. The van der Waals surface area contributed by atoms with Gasteiger partial charge in [0.15, 0.2) is 0 Å². The van der Waals surface area contributed by atoms with Gasteiger partial charge in [0.2, 0.25) is 0 Å². The van der Waals surface area contributed by atoms with E-state index in [1.165, 1.54) is 32.1 Å². The average molecular weight is 281 g/mol. The predicted octanol–water partition coefficient (Wildman–Crippen LogP) is 3.90. The summed E-state index contributed by atoms with van der Waals surface area (Å²) in [6.45, 7) is 1.94. The standard InChI is InChI=1S/C14H26F3NO/c1-2-18-13(8-9-19-11-14(15,16)17)10-12-6-4-3-5-7-12/h12-13,18H,2-11H2,1H3. The van der Waals surface area contributed by atoms with E-state index in [2.05, 4.69) is 5.32 Å². The van der Waals surface area contributed by atoms with E-state index >= 15 is 0 Å². The lowest BCUT2D eigenvalue weighted by atomic mass is 9.84. The molecule has 1 rings (SSSR count). The van der Waals surface area contributed by atoms with Crippen LogP contribution in [0.1, 0.15) is 51.9 Å². The van der Waals surface area contributed by atoms with Crippen molar-refractivity contribution in [1.82, 2.24) is 5.32 Å². The zero-order chi connectivity index (χ0) is 14.1. The third-order valence-electron chi connectivity index (χ3n) is 3.71. The quantitative estimate of drug-likeness (QED) is 0.681. The molecule has 2 nitrogen and oxygen atoms in total. The Bertz CT molecular complexity index is 227. The van der Waals surface area contributed by atoms with E-state index < -0.39 is 12.8 Å². The fourth-order valence-corrected chi connectivity index (χ4v) is 2.83. The molecule has 0 bridgehead atoms. The van der Waals surface area contributed by atoms with Crippen molar-refractivity contribution in [3.05, 3.63) is 0 Å². The summed E-state index contributed by atoms with van der Waals surface area (Å²) in [6.07, 6.45) is 4.00. The monoisotopic (exact) mass is 281 g/mol. The molecule has 114 valence electrons. The molecule has 0 radical (unpaired) electrons. The minimum absolute atomic E-state index is 0.184. The van der Waals surface area contributed by atoms with Gasteiger partial charge in [-0.3, -0.25) is 0 Å². The number of alkyl halides is 3. The van der Waals surface area contributed by atoms with E-state index in [9.17, 15) is 13.2 Å². The average Bonchev–Trinajstić information content (AvgIpc) is 2.35. The first-order valence-electron chi connectivity index (χ1n) is 7.39. The predicted molar refractivity (Wildman–Crippen MR) is 70.1 cm³/mol. The molecule has 1 N–H and O–H groups in total. The van der Waals surface area contributed by atoms with Crippen LogP contribution in [0.25, 0.3) is 0 Å². The van der Waals surface area contributed by atoms with Crippen molar-refractivity contribution < 1.29 is 17.9 Å². The Morgan fingerprint density at radius 1 is 1.21 bits per heavy atom. The molecular weight excluding hydrogens is 255 g/mol. The molecule has 5 heteroatoms. The van der Waals surface area contributed by atoms with Crippen molar-refractivity contribution in [2.45, 2.75) is 64.1 Å². The second-order valence-corrected chi connectivity index (χ2v) is 5.45. The summed E-state index contributed by atoms with van der Waals surface area (Å²) in [4.78, 5) is 0. The van der Waals surface area contributed by atoms with Crippen molar-refractivity contribution in [3.8, 4) is 0 Å². The Hall–Kier alpha value is -0.290. The van der Waals surface area contributed by atoms with Gasteiger partial charge in [0.1, 0.15) is 6.61 Å². The molecule has 1 aliphatic carbocycles. The summed E-state index contributed by atoms with van der Waals surface area (Å²) >= 11 is 0. The molecule has 1 saturated carbocycles. The maximum atomic E-state index is 12.0. The third kappa shape index (κ3) is 8.47. The molecule has 0 aromatic heterocycles. The third-order valence-corrected chi connectivity index (χ3v) is 3.71. The van der Waals surface area contributed by atoms with Gasteiger partial charge in [0.05, 0.1) is 0 Å². The van der Waals surface area contributed by atoms with Crippen molar-refractivity contribution >= 4 is 0 Å². The molecule has 0 amide bonds. The lowest BCUT2D eigenvalue weighted by Crippen LogP contribution is -2.33. The molecule has 0 aliphatic heterocycles. The van der Waals surface area contributed by atoms with Gasteiger partial charge in [-0.1, -0.05) is 39.0 Å². The van der Waals surface area contributed by atoms with Crippen LogP contribution in [0.3, 0.4) is 0 Å². The van der Waals surface area contributed by atoms with Gasteiger partial charge in [-0.2, -0.15) is 13.2 Å². The number of halogens is 3. The number of hydrogen-bond donors (Lipinski definition) is 1. The first-order chi connectivity index (χ1) is 9.01. The second kappa shape index (κ2) is 8.80. The van der Waals surface area contributed by atoms with Crippen LogP contribution in [0.2, 0.25) is 0 Å². The van der Waals surface area contributed by atoms with E-state index in [-0.39, 0.29) is 6.61 Å². The van der Waals surface area contributed by atoms with Crippen molar-refractivity contribution in [1.29, 1.82) is 0 Å². The Morgan fingerprint density at radius 2 is 1.89 bits per heavy atom. The molecular formula is C14H26F3NO. The molecule has 0 spiro atoms. The van der Waals surface area contributed by atoms with E-state index in [0.717, 1.165) is 18.9 Å². The summed E-state index contributed by atoms with van der Waals surface area (Å²) in [6, 6.07) is 0.293. The van der Waals surface area contributed by atoms with Crippen LogP contribution in [0.4, 0.5) is 13.2 Å². The Labute approximate surface area is 114 Å². The summed E-state index contributed by atoms with van der Waals surface area (Å²) in [5, 5.41) is 3.37. The fourth-order valence-electron chi connectivity index (χ4n) is 2.83. The highest BCUT2D eigenvalue weighted by molar-refractivity contribution is 4.74. The van der Waals surface area contributed by atoms with Crippen LogP contribution < -0.4 is 5.32 Å². The van der Waals surface area contributed by atoms with Crippen LogP contribution in [0, 0.1) is 5.92 Å². The molecule has 1 unspecified atom stereocenters. The van der Waals surface area contributed by atoms with Gasteiger partial charge < -0.3 is 10.1 Å². The van der Waals surface area contributed by atoms with Crippen molar-refractivity contribution in [2.24, 2.45) is 5.92 Å². The highest BCUT2D eigenvalue weighted by atomic mass is 19.4. The molecule has 1 aliphatic rings. The van der Waals surface area contributed by atoms with Crippen molar-refractivity contribution in [2.75, 3.05) is 19.8 Å². The van der Waals surface area contributed by atoms with E-state index in [4.69, 9.17) is 4.74 Å². The number of hydrogen-bond acceptors (Lipinski definition) is 2. The van der Waals surface area contributed by atoms with Crippen LogP contribution in [-0.4, -0.2) is 32.0 Å². The van der Waals surface area contributed by atoms with Crippen LogP contribution in [0.15, 0.2) is 0 Å². The van der Waals surface area contributed by atoms with Crippen LogP contribution >= 0.6 is 0 Å². The fraction of sp³-hybridized carbons (Fsp3) is 1.00. The summed E-state index contributed by atoms with van der Waals surface area (Å²) < 4.78 is 40.6. The topological polar surface area (TPSA) is 21.3 Å². The summed E-state index contributed by atoms with van der Waals surface area (Å²) in [5.41, 5.74) is 0. The van der Waals surface area contributed by atoms with Gasteiger partial charge >= 0.3 is 6.18 Å². The van der Waals surface area contributed by atoms with Gasteiger partial charge in [-0.25, -0.2) is 0 Å². The number of ether oxygens (including phenoxy) is 1. The summed E-state index contributed by atoms with van der Waals surface area (Å²) in [7, 11) is 0. The SMILES string of the molecule is CCNC(CCOCC(F)(F)F)CC1CCCCC1. The van der Waals surface area contributed by atoms with Crippen LogP contribution in [0.5, 0.6) is 0 Å². The Balaban J connectivity index is 2.19. The number of nitrogens with one attached hydrogen (secondary N) is 1. The van der Waals surface area contributed by atoms with E-state index in [0.29, 0.717) is 12.5 Å². The molecule has 0 aromatic rings. The van der Waals surface area contributed by atoms with Gasteiger partial charge in [0, 0.05) is 12.6 Å². The number of rotatable bonds is 8. The molecule has 0 saturated heterocycles. The molecule has 1 atom stereocenters.